The van der Waals surface area contributed by atoms with Gasteiger partial charge >= 0.3 is 0 Å². The second-order valence-electron chi connectivity index (χ2n) is 4.51. The highest BCUT2D eigenvalue weighted by molar-refractivity contribution is 5.89. The highest BCUT2D eigenvalue weighted by Crippen LogP contribution is 2.26. The normalized spacial score (nSPS) is 10.6. The molecule has 100 valence electrons. The molecule has 0 fully saturated rings. The van der Waals surface area contributed by atoms with E-state index in [4.69, 9.17) is 0 Å². The maximum Gasteiger partial charge on any atom is 0.278 e. The fourth-order valence-corrected chi connectivity index (χ4v) is 2.00. The zero-order valence-electron chi connectivity index (χ0n) is 10.9. The Hall–Kier alpha value is -2.37. The van der Waals surface area contributed by atoms with Crippen LogP contribution in [0.3, 0.4) is 0 Å². The molecule has 0 saturated carbocycles. The first-order chi connectivity index (χ1) is 9.00. The Morgan fingerprint density at radius 3 is 2.74 bits per heavy atom. The van der Waals surface area contributed by atoms with Crippen LogP contribution in [-0.4, -0.2) is 34.4 Å². The Balaban J connectivity index is 2.29. The fourth-order valence-electron chi connectivity index (χ4n) is 2.00. The molecule has 2 rings (SSSR count). The van der Waals surface area contributed by atoms with Crippen LogP contribution >= 0.6 is 0 Å². The molecule has 0 aliphatic heterocycles. The van der Waals surface area contributed by atoms with Crippen molar-refractivity contribution in [3.63, 3.8) is 0 Å². The number of nitro benzene ring substituents is 1. The van der Waals surface area contributed by atoms with Gasteiger partial charge in [-0.3, -0.25) is 14.9 Å². The van der Waals surface area contributed by atoms with E-state index in [0.29, 0.717) is 18.4 Å². The number of aromatic nitrogens is 1. The molecule has 0 atom stereocenters. The van der Waals surface area contributed by atoms with E-state index in [1.165, 1.54) is 11.0 Å². The van der Waals surface area contributed by atoms with Gasteiger partial charge in [-0.2, -0.15) is 0 Å². The van der Waals surface area contributed by atoms with Gasteiger partial charge in [0.2, 0.25) is 5.91 Å². The Labute approximate surface area is 110 Å². The van der Waals surface area contributed by atoms with Crippen LogP contribution in [0.1, 0.15) is 6.42 Å². The highest BCUT2D eigenvalue weighted by Gasteiger charge is 2.14. The summed E-state index contributed by atoms with van der Waals surface area (Å²) in [7, 11) is 3.42. The molecular formula is C13H15N3O3. The monoisotopic (exact) mass is 261 g/mol. The summed E-state index contributed by atoms with van der Waals surface area (Å²) in [6.45, 7) is 0.516. The third-order valence-corrected chi connectivity index (χ3v) is 3.05. The van der Waals surface area contributed by atoms with Crippen LogP contribution < -0.4 is 0 Å². The van der Waals surface area contributed by atoms with Crippen molar-refractivity contribution in [2.75, 3.05) is 14.1 Å². The molecule has 0 spiro atoms. The van der Waals surface area contributed by atoms with Crippen molar-refractivity contribution < 1.29 is 9.72 Å². The van der Waals surface area contributed by atoms with Crippen LogP contribution in [0.2, 0.25) is 0 Å². The van der Waals surface area contributed by atoms with E-state index in [9.17, 15) is 14.9 Å². The van der Waals surface area contributed by atoms with Crippen LogP contribution in [0.15, 0.2) is 30.5 Å². The zero-order valence-corrected chi connectivity index (χ0v) is 10.9. The van der Waals surface area contributed by atoms with Crippen molar-refractivity contribution in [1.29, 1.82) is 0 Å². The summed E-state index contributed by atoms with van der Waals surface area (Å²) in [6, 6.07) is 6.68. The Morgan fingerprint density at radius 2 is 2.11 bits per heavy atom. The average Bonchev–Trinajstić information content (AvgIpc) is 2.78. The molecule has 1 amide bonds. The second-order valence-corrected chi connectivity index (χ2v) is 4.51. The number of carbonyl (C=O) groups is 1. The number of carbonyl (C=O) groups excluding carboxylic acids is 1. The van der Waals surface area contributed by atoms with Crippen molar-refractivity contribution in [2.24, 2.45) is 0 Å². The lowest BCUT2D eigenvalue weighted by molar-refractivity contribution is -0.383. The minimum absolute atomic E-state index is 0.0345. The van der Waals surface area contributed by atoms with Gasteiger partial charge in [0.1, 0.15) is 0 Å². The fraction of sp³-hybridized carbons (Fsp3) is 0.308. The summed E-state index contributed by atoms with van der Waals surface area (Å²) in [5, 5.41) is 11.5. The molecule has 2 aromatic rings. The highest BCUT2D eigenvalue weighted by atomic mass is 16.6. The smallest absolute Gasteiger partial charge is 0.278 e. The maximum absolute atomic E-state index is 11.6. The van der Waals surface area contributed by atoms with Crippen LogP contribution in [0, 0.1) is 10.1 Å². The van der Waals surface area contributed by atoms with Crippen molar-refractivity contribution in [3.05, 3.63) is 40.6 Å². The molecule has 0 saturated heterocycles. The second kappa shape index (κ2) is 5.09. The summed E-state index contributed by atoms with van der Waals surface area (Å²) in [4.78, 5) is 23.6. The number of hydrogen-bond acceptors (Lipinski definition) is 3. The third kappa shape index (κ3) is 2.57. The van der Waals surface area contributed by atoms with Crippen molar-refractivity contribution in [1.82, 2.24) is 9.47 Å². The number of amides is 1. The maximum atomic E-state index is 11.6. The van der Waals surface area contributed by atoms with Gasteiger partial charge in [-0.1, -0.05) is 6.07 Å². The molecule has 0 aliphatic carbocycles. The van der Waals surface area contributed by atoms with E-state index in [2.05, 4.69) is 0 Å². The Bertz CT molecular complexity index is 631. The zero-order chi connectivity index (χ0) is 14.0. The number of benzene rings is 1. The number of rotatable bonds is 4. The number of nitro groups is 1. The van der Waals surface area contributed by atoms with Gasteiger partial charge < -0.3 is 9.47 Å². The first-order valence-corrected chi connectivity index (χ1v) is 5.93. The largest absolute Gasteiger partial charge is 0.349 e. The first kappa shape index (κ1) is 13.1. The Morgan fingerprint density at radius 1 is 1.37 bits per heavy atom. The molecule has 0 unspecified atom stereocenters. The molecule has 1 aromatic heterocycles. The topological polar surface area (TPSA) is 68.4 Å². The number of hydrogen-bond donors (Lipinski definition) is 0. The van der Waals surface area contributed by atoms with Crippen LogP contribution in [0.25, 0.3) is 10.9 Å². The standard InChI is InChI=1S/C13H15N3O3/c1-14(2)13(17)7-9-15-8-6-10-11(15)4-3-5-12(10)16(18)19/h3-6,8H,7,9H2,1-2H3. The van der Waals surface area contributed by atoms with Gasteiger partial charge in [0, 0.05) is 39.3 Å². The summed E-state index contributed by atoms with van der Waals surface area (Å²) in [6.07, 6.45) is 2.15. The lowest BCUT2D eigenvalue weighted by Gasteiger charge is -2.11. The van der Waals surface area contributed by atoms with E-state index in [1.54, 1.807) is 32.4 Å². The molecule has 0 radical (unpaired) electrons. The van der Waals surface area contributed by atoms with Gasteiger partial charge in [0.05, 0.1) is 15.8 Å². The van der Waals surface area contributed by atoms with Gasteiger partial charge in [0.15, 0.2) is 0 Å². The summed E-state index contributed by atoms with van der Waals surface area (Å²) >= 11 is 0. The third-order valence-electron chi connectivity index (χ3n) is 3.05. The minimum Gasteiger partial charge on any atom is -0.349 e. The Kier molecular flexibility index (Phi) is 3.50. The van der Waals surface area contributed by atoms with E-state index >= 15 is 0 Å². The van der Waals surface area contributed by atoms with E-state index in [-0.39, 0.29) is 11.6 Å². The lowest BCUT2D eigenvalue weighted by atomic mass is 10.2. The van der Waals surface area contributed by atoms with Crippen LogP contribution in [0.4, 0.5) is 5.69 Å². The molecule has 6 heteroatoms. The van der Waals surface area contributed by atoms with E-state index < -0.39 is 4.92 Å². The van der Waals surface area contributed by atoms with Crippen molar-refractivity contribution >= 4 is 22.5 Å². The predicted molar refractivity (Wildman–Crippen MR) is 71.9 cm³/mol. The quantitative estimate of drug-likeness (QED) is 0.624. The molecule has 0 bridgehead atoms. The molecular weight excluding hydrogens is 246 g/mol. The van der Waals surface area contributed by atoms with Gasteiger partial charge in [-0.15, -0.1) is 0 Å². The van der Waals surface area contributed by atoms with Crippen molar-refractivity contribution in [3.8, 4) is 0 Å². The lowest BCUT2D eigenvalue weighted by Crippen LogP contribution is -2.22. The summed E-state index contributed by atoms with van der Waals surface area (Å²) in [5.41, 5.74) is 0.871. The minimum atomic E-state index is -0.391. The summed E-state index contributed by atoms with van der Waals surface area (Å²) in [5.74, 6) is 0.0345. The molecule has 6 nitrogen and oxygen atoms in total. The molecule has 1 aromatic carbocycles. The molecule has 1 heterocycles. The number of non-ortho nitro benzene ring substituents is 1. The van der Waals surface area contributed by atoms with Crippen LogP contribution in [0.5, 0.6) is 0 Å². The molecule has 0 aliphatic rings. The number of fused-ring (bicyclic) bond motifs is 1. The van der Waals surface area contributed by atoms with E-state index in [0.717, 1.165) is 5.52 Å². The summed E-state index contributed by atoms with van der Waals surface area (Å²) < 4.78 is 1.86. The van der Waals surface area contributed by atoms with Gasteiger partial charge in [-0.25, -0.2) is 0 Å². The first-order valence-electron chi connectivity index (χ1n) is 5.93. The van der Waals surface area contributed by atoms with Gasteiger partial charge in [-0.05, 0) is 12.1 Å². The number of aryl methyl sites for hydroxylation is 1. The SMILES string of the molecule is CN(C)C(=O)CCn1ccc2c([N+](=O)[O-])cccc21. The molecule has 0 N–H and O–H groups in total. The van der Waals surface area contributed by atoms with E-state index in [1.807, 2.05) is 10.6 Å². The predicted octanol–water partition coefficient (Wildman–Crippen LogP) is 2.03. The van der Waals surface area contributed by atoms with Crippen molar-refractivity contribution in [2.45, 2.75) is 13.0 Å². The average molecular weight is 261 g/mol. The van der Waals surface area contributed by atoms with Gasteiger partial charge in [0.25, 0.3) is 5.69 Å². The molecule has 19 heavy (non-hydrogen) atoms. The van der Waals surface area contributed by atoms with Crippen LogP contribution in [-0.2, 0) is 11.3 Å². The number of nitrogens with zero attached hydrogens (tertiary/aromatic N) is 3.